The molecule has 152 valence electrons. The van der Waals surface area contributed by atoms with E-state index in [0.717, 1.165) is 38.2 Å². The summed E-state index contributed by atoms with van der Waals surface area (Å²) in [7, 11) is 1.72. The number of rotatable bonds is 6. The lowest BCUT2D eigenvalue weighted by molar-refractivity contribution is 0.0713. The van der Waals surface area contributed by atoms with Crippen LogP contribution in [0.5, 0.6) is 17.2 Å². The average molecular weight is 394 g/mol. The summed E-state index contributed by atoms with van der Waals surface area (Å²) in [6.07, 6.45) is 2.16. The Balaban J connectivity index is 1.37. The zero-order chi connectivity index (χ0) is 19.8. The number of carbonyl (C=O) groups excluding carboxylic acids is 1. The first-order valence-corrected chi connectivity index (χ1v) is 10.3. The largest absolute Gasteiger partial charge is 0.496 e. The van der Waals surface area contributed by atoms with E-state index in [4.69, 9.17) is 14.2 Å². The number of nitrogens with zero attached hydrogens (tertiary/aromatic N) is 1. The Labute approximate surface area is 170 Å². The van der Waals surface area contributed by atoms with Crippen LogP contribution in [0.4, 0.5) is 0 Å². The molecule has 3 aliphatic rings. The number of carbonyl (C=O) groups is 1. The third kappa shape index (κ3) is 3.53. The summed E-state index contributed by atoms with van der Waals surface area (Å²) >= 11 is 0. The number of methoxy groups -OCH3 is 1. The molecule has 1 saturated carbocycles. The van der Waals surface area contributed by atoms with Gasteiger partial charge < -0.3 is 24.4 Å². The molecule has 1 N–H and O–H groups in total. The maximum absolute atomic E-state index is 13.4. The van der Waals surface area contributed by atoms with Crippen molar-refractivity contribution in [2.45, 2.75) is 24.8 Å². The number of benzene rings is 2. The Kier molecular flexibility index (Phi) is 4.79. The van der Waals surface area contributed by atoms with Gasteiger partial charge in [-0.25, -0.2) is 0 Å². The van der Waals surface area contributed by atoms with Crippen LogP contribution in [0.15, 0.2) is 42.5 Å². The Morgan fingerprint density at radius 3 is 2.79 bits per heavy atom. The molecule has 2 atom stereocenters. The summed E-state index contributed by atoms with van der Waals surface area (Å²) in [5.74, 6) is 3.04. The molecule has 29 heavy (non-hydrogen) atoms. The van der Waals surface area contributed by atoms with Crippen LogP contribution in [0.3, 0.4) is 0 Å². The number of nitrogens with one attached hydrogen (secondary N) is 1. The van der Waals surface area contributed by atoms with Gasteiger partial charge in [0.25, 0.3) is 5.91 Å². The van der Waals surface area contributed by atoms with Crippen molar-refractivity contribution >= 4 is 5.91 Å². The van der Waals surface area contributed by atoms with E-state index in [9.17, 15) is 4.79 Å². The smallest absolute Gasteiger partial charge is 0.254 e. The van der Waals surface area contributed by atoms with Crippen molar-refractivity contribution in [3.05, 3.63) is 53.6 Å². The molecule has 1 saturated heterocycles. The van der Waals surface area contributed by atoms with Crippen LogP contribution in [0, 0.1) is 5.92 Å². The summed E-state index contributed by atoms with van der Waals surface area (Å²) in [6, 6.07) is 14.0. The van der Waals surface area contributed by atoms with Gasteiger partial charge in [0.2, 0.25) is 6.79 Å². The summed E-state index contributed by atoms with van der Waals surface area (Å²) in [5.41, 5.74) is 1.89. The highest BCUT2D eigenvalue weighted by molar-refractivity contribution is 5.95. The molecule has 0 bridgehead atoms. The maximum atomic E-state index is 13.4. The molecule has 2 aromatic rings. The summed E-state index contributed by atoms with van der Waals surface area (Å²) in [4.78, 5) is 15.4. The third-order valence-electron chi connectivity index (χ3n) is 6.18. The molecule has 5 rings (SSSR count). The Morgan fingerprint density at radius 1 is 1.14 bits per heavy atom. The van der Waals surface area contributed by atoms with Gasteiger partial charge in [0.05, 0.1) is 7.11 Å². The van der Waals surface area contributed by atoms with E-state index in [1.807, 2.05) is 30.3 Å². The van der Waals surface area contributed by atoms with E-state index in [1.165, 1.54) is 5.56 Å². The maximum Gasteiger partial charge on any atom is 0.254 e. The molecule has 1 aliphatic carbocycles. The molecule has 6 nitrogen and oxygen atoms in total. The highest BCUT2D eigenvalue weighted by atomic mass is 16.7. The molecule has 1 amide bonds. The van der Waals surface area contributed by atoms with Crippen LogP contribution in [-0.2, 0) is 0 Å². The van der Waals surface area contributed by atoms with Gasteiger partial charge >= 0.3 is 0 Å². The Bertz CT molecular complexity index is 912. The number of hydrogen-bond donors (Lipinski definition) is 1. The van der Waals surface area contributed by atoms with Gasteiger partial charge in [0.15, 0.2) is 11.5 Å². The molecule has 0 radical (unpaired) electrons. The molecule has 2 aliphatic heterocycles. The van der Waals surface area contributed by atoms with E-state index >= 15 is 0 Å². The predicted molar refractivity (Wildman–Crippen MR) is 109 cm³/mol. The molecule has 2 fully saturated rings. The Morgan fingerprint density at radius 2 is 1.97 bits per heavy atom. The second-order valence-corrected chi connectivity index (χ2v) is 8.02. The quantitative estimate of drug-likeness (QED) is 0.816. The van der Waals surface area contributed by atoms with Crippen molar-refractivity contribution < 1.29 is 19.0 Å². The van der Waals surface area contributed by atoms with Crippen LogP contribution in [0.25, 0.3) is 0 Å². The van der Waals surface area contributed by atoms with E-state index in [0.29, 0.717) is 34.9 Å². The van der Waals surface area contributed by atoms with Gasteiger partial charge in [-0.15, -0.1) is 0 Å². The minimum atomic E-state index is 0.0801. The minimum Gasteiger partial charge on any atom is -0.496 e. The zero-order valence-electron chi connectivity index (χ0n) is 16.6. The molecule has 2 heterocycles. The highest BCUT2D eigenvalue weighted by Crippen LogP contribution is 2.38. The number of ether oxygens (including phenoxy) is 3. The van der Waals surface area contributed by atoms with Crippen molar-refractivity contribution in [2.75, 3.05) is 33.5 Å². The fraction of sp³-hybridized carbons (Fsp3) is 0.435. The molecular formula is C23H26N2O4. The van der Waals surface area contributed by atoms with Crippen LogP contribution in [0.2, 0.25) is 0 Å². The highest BCUT2D eigenvalue weighted by Gasteiger charge is 2.39. The van der Waals surface area contributed by atoms with E-state index in [1.54, 1.807) is 7.11 Å². The topological polar surface area (TPSA) is 60.0 Å². The van der Waals surface area contributed by atoms with Crippen molar-refractivity contribution in [2.24, 2.45) is 5.92 Å². The summed E-state index contributed by atoms with van der Waals surface area (Å²) in [6.45, 7) is 2.77. The van der Waals surface area contributed by atoms with Crippen LogP contribution in [0.1, 0.15) is 34.7 Å². The first-order chi connectivity index (χ1) is 14.2. The normalized spacial score (nSPS) is 22.5. The fourth-order valence-electron chi connectivity index (χ4n) is 4.49. The van der Waals surface area contributed by atoms with Crippen LogP contribution < -0.4 is 19.5 Å². The van der Waals surface area contributed by atoms with Gasteiger partial charge in [-0.1, -0.05) is 18.2 Å². The van der Waals surface area contributed by atoms with Gasteiger partial charge in [0, 0.05) is 37.2 Å². The molecule has 0 aromatic heterocycles. The van der Waals surface area contributed by atoms with Crippen molar-refractivity contribution in [1.82, 2.24) is 10.2 Å². The molecule has 2 aromatic carbocycles. The zero-order valence-corrected chi connectivity index (χ0v) is 16.6. The van der Waals surface area contributed by atoms with Crippen LogP contribution in [-0.4, -0.2) is 50.4 Å². The monoisotopic (exact) mass is 394 g/mol. The van der Waals surface area contributed by atoms with Crippen LogP contribution >= 0.6 is 0 Å². The van der Waals surface area contributed by atoms with E-state index in [-0.39, 0.29) is 12.7 Å². The minimum absolute atomic E-state index is 0.0801. The van der Waals surface area contributed by atoms with Crippen molar-refractivity contribution in [1.29, 1.82) is 0 Å². The average Bonchev–Trinajstić information content (AvgIpc) is 3.31. The van der Waals surface area contributed by atoms with E-state index < -0.39 is 0 Å². The number of para-hydroxylation sites is 1. The lowest BCUT2D eigenvalue weighted by Gasteiger charge is -2.29. The SMILES string of the molecule is COc1ccccc1C1CNCC1CN(C(=O)c1ccc2c(c1)OCO2)C1CC1. The number of fused-ring (bicyclic) bond motifs is 1. The van der Waals surface area contributed by atoms with E-state index in [2.05, 4.69) is 22.3 Å². The van der Waals surface area contributed by atoms with Gasteiger partial charge in [-0.3, -0.25) is 4.79 Å². The Hall–Kier alpha value is -2.73. The second-order valence-electron chi connectivity index (χ2n) is 8.02. The first-order valence-electron chi connectivity index (χ1n) is 10.3. The van der Waals surface area contributed by atoms with Gasteiger partial charge in [0.1, 0.15) is 5.75 Å². The van der Waals surface area contributed by atoms with Crippen molar-refractivity contribution in [3.8, 4) is 17.2 Å². The number of hydrogen-bond acceptors (Lipinski definition) is 5. The predicted octanol–water partition coefficient (Wildman–Crippen LogP) is 3.03. The number of amides is 1. The van der Waals surface area contributed by atoms with Crippen molar-refractivity contribution in [3.63, 3.8) is 0 Å². The van der Waals surface area contributed by atoms with Gasteiger partial charge in [-0.05, 0) is 48.6 Å². The lowest BCUT2D eigenvalue weighted by Crippen LogP contribution is -2.39. The van der Waals surface area contributed by atoms with Gasteiger partial charge in [-0.2, -0.15) is 0 Å². The first kappa shape index (κ1) is 18.3. The molecule has 0 spiro atoms. The molecular weight excluding hydrogens is 368 g/mol. The standard InChI is InChI=1S/C23H26N2O4/c1-27-20-5-3-2-4-18(20)19-12-24-11-16(19)13-25(17-7-8-17)23(26)15-6-9-21-22(10-15)29-14-28-21/h2-6,9-10,16-17,19,24H,7-8,11-14H2,1H3. The lowest BCUT2D eigenvalue weighted by atomic mass is 9.87. The molecule has 2 unspecified atom stereocenters. The summed E-state index contributed by atoms with van der Waals surface area (Å²) < 4.78 is 16.4. The third-order valence-corrected chi connectivity index (χ3v) is 6.18. The second kappa shape index (κ2) is 7.59. The molecule has 6 heteroatoms. The summed E-state index contributed by atoms with van der Waals surface area (Å²) in [5, 5.41) is 3.52. The fourth-order valence-corrected chi connectivity index (χ4v) is 4.49.